The second-order valence-electron chi connectivity index (χ2n) is 7.12. The molecule has 25 heavy (non-hydrogen) atoms. The molecule has 0 saturated heterocycles. The summed E-state index contributed by atoms with van der Waals surface area (Å²) in [5.41, 5.74) is 9.16. The van der Waals surface area contributed by atoms with Gasteiger partial charge in [-0.25, -0.2) is 4.98 Å². The fourth-order valence-corrected chi connectivity index (χ4v) is 2.60. The van der Waals surface area contributed by atoms with Gasteiger partial charge in [0.15, 0.2) is 11.6 Å². The molecule has 6 nitrogen and oxygen atoms in total. The van der Waals surface area contributed by atoms with E-state index in [1.54, 1.807) is 13.0 Å². The minimum absolute atomic E-state index is 0.0328. The number of aromatic amines is 1. The fraction of sp³-hybridized carbons (Fsp3) is 0.368. The van der Waals surface area contributed by atoms with Crippen LogP contribution in [0.5, 0.6) is 0 Å². The fourth-order valence-electron chi connectivity index (χ4n) is 2.60. The van der Waals surface area contributed by atoms with Crippen molar-refractivity contribution < 1.29 is 4.79 Å². The van der Waals surface area contributed by atoms with E-state index in [-0.39, 0.29) is 11.3 Å². The van der Waals surface area contributed by atoms with Gasteiger partial charge in [-0.05, 0) is 52.8 Å². The van der Waals surface area contributed by atoms with Crippen molar-refractivity contribution in [3.05, 3.63) is 47.7 Å². The number of allylic oxidation sites excluding steroid dienone is 1. The predicted molar refractivity (Wildman–Crippen MR) is 103 cm³/mol. The molecule has 6 heteroatoms. The Morgan fingerprint density at radius 1 is 1.36 bits per heavy atom. The van der Waals surface area contributed by atoms with Crippen LogP contribution in [0.4, 0.5) is 0 Å². The van der Waals surface area contributed by atoms with Gasteiger partial charge in [-0.1, -0.05) is 6.08 Å². The molecule has 4 N–H and O–H groups in total. The number of nitrogens with one attached hydrogen (secondary N) is 2. The van der Waals surface area contributed by atoms with Crippen molar-refractivity contribution in [1.29, 1.82) is 0 Å². The molecule has 0 bridgehead atoms. The number of rotatable bonds is 5. The summed E-state index contributed by atoms with van der Waals surface area (Å²) in [5.74, 6) is 1.33. The van der Waals surface area contributed by atoms with Crippen molar-refractivity contribution in [1.82, 2.24) is 20.2 Å². The van der Waals surface area contributed by atoms with E-state index in [0.29, 0.717) is 11.4 Å². The summed E-state index contributed by atoms with van der Waals surface area (Å²) in [6.07, 6.45) is 3.79. The van der Waals surface area contributed by atoms with Gasteiger partial charge in [0.25, 0.3) is 0 Å². The van der Waals surface area contributed by atoms with Crippen molar-refractivity contribution in [2.24, 2.45) is 5.73 Å². The minimum atomic E-state index is -0.111. The van der Waals surface area contributed by atoms with Crippen molar-refractivity contribution in [3.63, 3.8) is 0 Å². The summed E-state index contributed by atoms with van der Waals surface area (Å²) in [6.45, 7) is 9.66. The largest absolute Gasteiger partial charge is 0.384 e. The number of nitrogens with zero attached hydrogens (tertiary/aromatic N) is 2. The van der Waals surface area contributed by atoms with E-state index in [2.05, 4.69) is 36.1 Å². The Morgan fingerprint density at radius 3 is 2.60 bits per heavy atom. The molecule has 0 amide bonds. The molecule has 1 aromatic heterocycles. The summed E-state index contributed by atoms with van der Waals surface area (Å²) in [5, 5.41) is 3.23. The molecule has 0 spiro atoms. The van der Waals surface area contributed by atoms with Crippen LogP contribution in [0.25, 0.3) is 16.7 Å². The molecule has 134 valence electrons. The molecule has 0 atom stereocenters. The van der Waals surface area contributed by atoms with E-state index in [9.17, 15) is 4.79 Å². The average Bonchev–Trinajstić information content (AvgIpc) is 2.87. The number of ketones is 1. The van der Waals surface area contributed by atoms with Gasteiger partial charge in [0.2, 0.25) is 0 Å². The average molecular weight is 341 g/mol. The molecule has 0 unspecified atom stereocenters. The quantitative estimate of drug-likeness (QED) is 0.727. The van der Waals surface area contributed by atoms with Crippen LogP contribution in [-0.4, -0.2) is 33.2 Å². The Hall–Kier alpha value is -2.76. The summed E-state index contributed by atoms with van der Waals surface area (Å²) >= 11 is 0. The Balaban J connectivity index is 2.33. The summed E-state index contributed by atoms with van der Waals surface area (Å²) in [4.78, 5) is 21.4. The normalized spacial score (nSPS) is 13.2. The maximum atomic E-state index is 11.5. The lowest BCUT2D eigenvalue weighted by molar-refractivity contribution is 0.101. The van der Waals surface area contributed by atoms with Crippen LogP contribution < -0.4 is 11.1 Å². The van der Waals surface area contributed by atoms with Crippen molar-refractivity contribution in [2.45, 2.75) is 40.2 Å². The zero-order valence-corrected chi connectivity index (χ0v) is 15.8. The molecule has 0 aliphatic heterocycles. The Morgan fingerprint density at radius 2 is 2.04 bits per heavy atom. The number of Topliss-reactive ketones (excluding diaryl/α,β-unsaturated/α-hetero) is 1. The standard InChI is InChI=1S/C19H27N5O/c1-7-16(24(6)11-17(20)23-19(3,4)5)18-21-14-9-8-13(12(2)25)10-15(14)22-18/h7-11,23H,20H2,1-6H3,(H,21,22)/b16-7-,17-11+. The second kappa shape index (κ2) is 7.01. The highest BCUT2D eigenvalue weighted by Gasteiger charge is 2.14. The molecular formula is C19H27N5O. The number of hydrogen-bond donors (Lipinski definition) is 3. The van der Waals surface area contributed by atoms with Crippen LogP contribution in [0.3, 0.4) is 0 Å². The first-order valence-corrected chi connectivity index (χ1v) is 8.26. The predicted octanol–water partition coefficient (Wildman–Crippen LogP) is 3.20. The lowest BCUT2D eigenvalue weighted by Crippen LogP contribution is -2.38. The van der Waals surface area contributed by atoms with Gasteiger partial charge in [-0.3, -0.25) is 4.79 Å². The van der Waals surface area contributed by atoms with Crippen LogP contribution in [-0.2, 0) is 0 Å². The highest BCUT2D eigenvalue weighted by atomic mass is 16.1. The first kappa shape index (κ1) is 18.6. The smallest absolute Gasteiger partial charge is 0.159 e. The monoisotopic (exact) mass is 341 g/mol. The summed E-state index contributed by atoms with van der Waals surface area (Å²) in [6, 6.07) is 5.47. The number of imidazole rings is 1. The van der Waals surface area contributed by atoms with Crippen LogP contribution in [0, 0.1) is 0 Å². The zero-order valence-electron chi connectivity index (χ0n) is 15.8. The van der Waals surface area contributed by atoms with Crippen LogP contribution in [0.15, 0.2) is 36.3 Å². The zero-order chi connectivity index (χ0) is 18.8. The third-order valence-corrected chi connectivity index (χ3v) is 3.64. The van der Waals surface area contributed by atoms with E-state index >= 15 is 0 Å². The molecule has 0 aliphatic carbocycles. The van der Waals surface area contributed by atoms with Crippen LogP contribution >= 0.6 is 0 Å². The Labute approximate surface area is 148 Å². The van der Waals surface area contributed by atoms with E-state index in [4.69, 9.17) is 5.73 Å². The third-order valence-electron chi connectivity index (χ3n) is 3.64. The van der Waals surface area contributed by atoms with Crippen molar-refractivity contribution >= 4 is 22.5 Å². The summed E-state index contributed by atoms with van der Waals surface area (Å²) in [7, 11) is 1.92. The third kappa shape index (κ3) is 4.62. The molecule has 0 radical (unpaired) electrons. The van der Waals surface area contributed by atoms with Gasteiger partial charge in [-0.15, -0.1) is 0 Å². The number of aromatic nitrogens is 2. The number of H-pyrrole nitrogens is 1. The number of hydrogen-bond acceptors (Lipinski definition) is 5. The van der Waals surface area contributed by atoms with Crippen LogP contribution in [0.1, 0.15) is 50.8 Å². The highest BCUT2D eigenvalue weighted by Crippen LogP contribution is 2.21. The highest BCUT2D eigenvalue weighted by molar-refractivity contribution is 5.97. The van der Waals surface area contributed by atoms with Gasteiger partial charge in [0.05, 0.1) is 16.7 Å². The number of carbonyl (C=O) groups excluding carboxylic acids is 1. The lowest BCUT2D eigenvalue weighted by Gasteiger charge is -2.24. The number of fused-ring (bicyclic) bond motifs is 1. The molecule has 2 aromatic rings. The van der Waals surface area contributed by atoms with Crippen molar-refractivity contribution in [3.8, 4) is 0 Å². The van der Waals surface area contributed by atoms with E-state index < -0.39 is 0 Å². The molecule has 2 rings (SSSR count). The molecule has 0 aliphatic rings. The molecule has 1 aromatic carbocycles. The Bertz CT molecular complexity index is 839. The second-order valence-corrected chi connectivity index (χ2v) is 7.12. The van der Waals surface area contributed by atoms with E-state index in [0.717, 1.165) is 22.6 Å². The maximum absolute atomic E-state index is 11.5. The Kier molecular flexibility index (Phi) is 5.21. The first-order chi connectivity index (χ1) is 11.6. The topological polar surface area (TPSA) is 87.0 Å². The van der Waals surface area contributed by atoms with E-state index in [1.165, 1.54) is 0 Å². The molecule has 1 heterocycles. The maximum Gasteiger partial charge on any atom is 0.159 e. The lowest BCUT2D eigenvalue weighted by atomic mass is 10.1. The molecule has 0 fully saturated rings. The van der Waals surface area contributed by atoms with Gasteiger partial charge in [-0.2, -0.15) is 0 Å². The van der Waals surface area contributed by atoms with Gasteiger partial charge in [0.1, 0.15) is 5.82 Å². The SMILES string of the molecule is C/C=C(/c1nc2ccc(C(C)=O)cc2[nH]1)N(C)/C=C(\N)NC(C)(C)C. The minimum Gasteiger partial charge on any atom is -0.384 e. The number of benzene rings is 1. The van der Waals surface area contributed by atoms with Crippen molar-refractivity contribution in [2.75, 3.05) is 7.05 Å². The number of nitrogens with two attached hydrogens (primary N) is 1. The van der Waals surface area contributed by atoms with E-state index in [1.807, 2.05) is 43.3 Å². The van der Waals surface area contributed by atoms with Gasteiger partial charge >= 0.3 is 0 Å². The first-order valence-electron chi connectivity index (χ1n) is 8.26. The van der Waals surface area contributed by atoms with Gasteiger partial charge in [0, 0.05) is 24.4 Å². The molecule has 0 saturated carbocycles. The molecular weight excluding hydrogens is 314 g/mol. The van der Waals surface area contributed by atoms with Crippen LogP contribution in [0.2, 0.25) is 0 Å². The number of carbonyl (C=O) groups is 1. The van der Waals surface area contributed by atoms with Gasteiger partial charge < -0.3 is 20.9 Å². The summed E-state index contributed by atoms with van der Waals surface area (Å²) < 4.78 is 0.